The zero-order valence-electron chi connectivity index (χ0n) is 12.3. The number of nitrogens with one attached hydrogen (secondary N) is 2. The molecule has 1 aliphatic carbocycles. The van der Waals surface area contributed by atoms with Crippen molar-refractivity contribution in [3.05, 3.63) is 0 Å². The second-order valence-corrected chi connectivity index (χ2v) is 7.40. The van der Waals surface area contributed by atoms with Gasteiger partial charge in [-0.3, -0.25) is 4.79 Å². The molecule has 7 heteroatoms. The lowest BCUT2D eigenvalue weighted by molar-refractivity contribution is -0.131. The van der Waals surface area contributed by atoms with Crippen LogP contribution in [0.1, 0.15) is 45.4 Å². The Morgan fingerprint density at radius 3 is 2.30 bits per heavy atom. The summed E-state index contributed by atoms with van der Waals surface area (Å²) in [4.78, 5) is 12.3. The average Bonchev–Trinajstić information content (AvgIpc) is 2.64. The van der Waals surface area contributed by atoms with Gasteiger partial charge < -0.3 is 11.1 Å². The Balaban J connectivity index is 2.51. The maximum Gasteiger partial charge on any atom is 0.227 e. The zero-order valence-corrected chi connectivity index (χ0v) is 13.1. The van der Waals surface area contributed by atoms with E-state index in [2.05, 4.69) is 10.0 Å². The van der Waals surface area contributed by atoms with Gasteiger partial charge in [-0.2, -0.15) is 0 Å². The minimum absolute atomic E-state index is 0.0893. The second-order valence-electron chi connectivity index (χ2n) is 5.47. The molecule has 20 heavy (non-hydrogen) atoms. The molecule has 0 bridgehead atoms. The van der Waals surface area contributed by atoms with E-state index in [9.17, 15) is 13.2 Å². The monoisotopic (exact) mass is 305 g/mol. The Kier molecular flexibility index (Phi) is 6.91. The number of hydrogen-bond acceptors (Lipinski definition) is 4. The van der Waals surface area contributed by atoms with Crippen molar-refractivity contribution < 1.29 is 13.2 Å². The Bertz CT molecular complexity index is 401. The summed E-state index contributed by atoms with van der Waals surface area (Å²) in [5, 5.41) is 2.75. The van der Waals surface area contributed by atoms with Gasteiger partial charge in [-0.15, -0.1) is 0 Å². The third-order valence-electron chi connectivity index (χ3n) is 3.95. The molecule has 0 atom stereocenters. The average molecular weight is 305 g/mol. The molecule has 0 aromatic rings. The lowest BCUT2D eigenvalue weighted by Gasteiger charge is -2.29. The van der Waals surface area contributed by atoms with E-state index < -0.39 is 15.4 Å². The summed E-state index contributed by atoms with van der Waals surface area (Å²) in [6.45, 7) is 2.56. The molecule has 0 aliphatic heterocycles. The molecule has 1 fully saturated rings. The number of hydrogen-bond donors (Lipinski definition) is 3. The number of sulfonamides is 1. The number of carbonyl (C=O) groups is 1. The van der Waals surface area contributed by atoms with E-state index in [1.165, 1.54) is 0 Å². The lowest BCUT2D eigenvalue weighted by Crippen LogP contribution is -2.47. The fraction of sp³-hybridized carbons (Fsp3) is 0.923. The molecule has 0 heterocycles. The molecular weight excluding hydrogens is 278 g/mol. The minimum atomic E-state index is -3.29. The van der Waals surface area contributed by atoms with Crippen molar-refractivity contribution in [2.24, 2.45) is 11.1 Å². The van der Waals surface area contributed by atoms with Crippen LogP contribution in [0.2, 0.25) is 0 Å². The summed E-state index contributed by atoms with van der Waals surface area (Å²) in [7, 11) is -3.29. The van der Waals surface area contributed by atoms with Crippen LogP contribution >= 0.6 is 0 Å². The molecule has 1 saturated carbocycles. The fourth-order valence-corrected chi connectivity index (χ4v) is 3.66. The molecule has 0 radical (unpaired) electrons. The van der Waals surface area contributed by atoms with Gasteiger partial charge in [-0.25, -0.2) is 13.1 Å². The molecule has 118 valence electrons. The first kappa shape index (κ1) is 17.4. The van der Waals surface area contributed by atoms with Crippen molar-refractivity contribution in [3.8, 4) is 0 Å². The molecule has 1 amide bonds. The highest BCUT2D eigenvalue weighted by molar-refractivity contribution is 7.89. The highest BCUT2D eigenvalue weighted by Gasteiger charge is 2.36. The van der Waals surface area contributed by atoms with Crippen molar-refractivity contribution in [1.82, 2.24) is 10.0 Å². The predicted octanol–water partition coefficient (Wildman–Crippen LogP) is 0.341. The van der Waals surface area contributed by atoms with Crippen molar-refractivity contribution in [1.29, 1.82) is 0 Å². The number of carbonyl (C=O) groups excluding carboxylic acids is 1. The van der Waals surface area contributed by atoms with Crippen molar-refractivity contribution in [3.63, 3.8) is 0 Å². The zero-order chi connectivity index (χ0) is 15.1. The topological polar surface area (TPSA) is 101 Å². The molecule has 4 N–H and O–H groups in total. The third-order valence-corrected chi connectivity index (χ3v) is 5.42. The van der Waals surface area contributed by atoms with Gasteiger partial charge >= 0.3 is 0 Å². The van der Waals surface area contributed by atoms with Crippen LogP contribution in [-0.2, 0) is 14.8 Å². The van der Waals surface area contributed by atoms with Gasteiger partial charge in [-0.05, 0) is 12.8 Å². The normalized spacial score (nSPS) is 19.3. The van der Waals surface area contributed by atoms with E-state index in [-0.39, 0.29) is 18.2 Å². The lowest BCUT2D eigenvalue weighted by atomic mass is 9.79. The third kappa shape index (κ3) is 5.03. The molecule has 1 rings (SSSR count). The molecular formula is C13H27N3O3S. The van der Waals surface area contributed by atoms with Gasteiger partial charge in [0.2, 0.25) is 15.9 Å². The van der Waals surface area contributed by atoms with Crippen molar-refractivity contribution in [2.75, 3.05) is 25.4 Å². The highest BCUT2D eigenvalue weighted by atomic mass is 32.2. The summed E-state index contributed by atoms with van der Waals surface area (Å²) in [5.41, 5.74) is 5.32. The first-order chi connectivity index (χ1) is 9.46. The van der Waals surface area contributed by atoms with Crippen molar-refractivity contribution >= 4 is 15.9 Å². The Labute approximate surface area is 121 Å². The molecule has 0 spiro atoms. The fourth-order valence-electron chi connectivity index (χ4n) is 2.71. The van der Waals surface area contributed by atoms with E-state index in [4.69, 9.17) is 5.73 Å². The van der Waals surface area contributed by atoms with Crippen LogP contribution in [0, 0.1) is 5.41 Å². The Morgan fingerprint density at radius 1 is 1.20 bits per heavy atom. The summed E-state index contributed by atoms with van der Waals surface area (Å²) < 4.78 is 25.4. The predicted molar refractivity (Wildman–Crippen MR) is 79.7 cm³/mol. The highest BCUT2D eigenvalue weighted by Crippen LogP contribution is 2.34. The maximum absolute atomic E-state index is 12.3. The van der Waals surface area contributed by atoms with Crippen LogP contribution in [0.3, 0.4) is 0 Å². The number of rotatable bonds is 7. The standard InChI is InChI=1S/C13H27N3O3S/c1-2-16-20(18,19)10-9-15-12(17)13(11-14)7-5-3-4-6-8-13/h16H,2-11,14H2,1H3,(H,15,17). The van der Waals surface area contributed by atoms with Crippen LogP contribution in [0.15, 0.2) is 0 Å². The first-order valence-corrected chi connectivity index (χ1v) is 9.07. The Hall–Kier alpha value is -0.660. The first-order valence-electron chi connectivity index (χ1n) is 7.41. The number of amides is 1. The van der Waals surface area contributed by atoms with E-state index >= 15 is 0 Å². The van der Waals surface area contributed by atoms with E-state index in [1.54, 1.807) is 6.92 Å². The largest absolute Gasteiger partial charge is 0.355 e. The molecule has 0 unspecified atom stereocenters. The van der Waals surface area contributed by atoms with Crippen LogP contribution < -0.4 is 15.8 Å². The van der Waals surface area contributed by atoms with Gasteiger partial charge in [0, 0.05) is 19.6 Å². The van der Waals surface area contributed by atoms with Crippen molar-refractivity contribution in [2.45, 2.75) is 45.4 Å². The maximum atomic E-state index is 12.3. The summed E-state index contributed by atoms with van der Waals surface area (Å²) in [6.07, 6.45) is 5.92. The van der Waals surface area contributed by atoms with Crippen LogP contribution in [0.5, 0.6) is 0 Å². The van der Waals surface area contributed by atoms with Crippen LogP contribution in [0.4, 0.5) is 0 Å². The molecule has 0 aromatic heterocycles. The minimum Gasteiger partial charge on any atom is -0.355 e. The summed E-state index contributed by atoms with van der Waals surface area (Å²) in [5.74, 6) is -0.179. The quantitative estimate of drug-likeness (QED) is 0.590. The van der Waals surface area contributed by atoms with Gasteiger partial charge in [-0.1, -0.05) is 32.6 Å². The van der Waals surface area contributed by atoms with Gasteiger partial charge in [0.15, 0.2) is 0 Å². The van der Waals surface area contributed by atoms with E-state index in [1.807, 2.05) is 0 Å². The number of nitrogens with two attached hydrogens (primary N) is 1. The van der Waals surface area contributed by atoms with E-state index in [0.29, 0.717) is 13.1 Å². The molecule has 6 nitrogen and oxygen atoms in total. The molecule has 1 aliphatic rings. The second kappa shape index (κ2) is 7.95. The Morgan fingerprint density at radius 2 is 1.80 bits per heavy atom. The van der Waals surface area contributed by atoms with Gasteiger partial charge in [0.05, 0.1) is 11.2 Å². The summed E-state index contributed by atoms with van der Waals surface area (Å²) in [6, 6.07) is 0. The molecule has 0 saturated heterocycles. The van der Waals surface area contributed by atoms with E-state index in [0.717, 1.165) is 38.5 Å². The molecule has 0 aromatic carbocycles. The SMILES string of the molecule is CCNS(=O)(=O)CCNC(=O)C1(CN)CCCCCC1. The summed E-state index contributed by atoms with van der Waals surface area (Å²) >= 11 is 0. The van der Waals surface area contributed by atoms with Crippen LogP contribution in [-0.4, -0.2) is 39.7 Å². The smallest absolute Gasteiger partial charge is 0.227 e. The van der Waals surface area contributed by atoms with Crippen LogP contribution in [0.25, 0.3) is 0 Å². The van der Waals surface area contributed by atoms with Gasteiger partial charge in [0.25, 0.3) is 0 Å². The van der Waals surface area contributed by atoms with Gasteiger partial charge in [0.1, 0.15) is 0 Å².